The van der Waals surface area contributed by atoms with Gasteiger partial charge in [-0.05, 0) is 69.0 Å². The van der Waals surface area contributed by atoms with Crippen LogP contribution in [-0.4, -0.2) is 47.7 Å². The number of esters is 1. The highest BCUT2D eigenvalue weighted by atomic mass is 16.5. The first-order chi connectivity index (χ1) is 15.3. The first kappa shape index (κ1) is 22.2. The van der Waals surface area contributed by atoms with Crippen LogP contribution in [0, 0.1) is 20.8 Å². The summed E-state index contributed by atoms with van der Waals surface area (Å²) in [7, 11) is 0. The molecule has 32 heavy (non-hydrogen) atoms. The number of pyridine rings is 1. The monoisotopic (exact) mass is 432 g/mol. The summed E-state index contributed by atoms with van der Waals surface area (Å²) < 4.78 is 13.3. The maximum Gasteiger partial charge on any atom is 0.338 e. The van der Waals surface area contributed by atoms with Crippen LogP contribution in [0.25, 0.3) is 22.3 Å². The number of nitrogens with zero attached hydrogens (tertiary/aromatic N) is 2. The Balaban J connectivity index is 1.93. The van der Waals surface area contributed by atoms with E-state index in [0.29, 0.717) is 18.8 Å². The van der Waals surface area contributed by atoms with Gasteiger partial charge in [0, 0.05) is 24.8 Å². The Morgan fingerprint density at radius 1 is 1.06 bits per heavy atom. The Morgan fingerprint density at radius 2 is 1.78 bits per heavy atom. The SMILES string of the molecule is C=C(c1c(C)c(C(=O)OC(C)C)cc2c(-c3ccc(C)c(C)c3)ccn12)N1CCOCC1. The van der Waals surface area contributed by atoms with E-state index in [9.17, 15) is 4.79 Å². The number of hydrogen-bond acceptors (Lipinski definition) is 4. The fourth-order valence-corrected chi connectivity index (χ4v) is 4.32. The lowest BCUT2D eigenvalue weighted by molar-refractivity contribution is 0.0377. The number of aromatic nitrogens is 1. The number of aryl methyl sites for hydroxylation is 2. The van der Waals surface area contributed by atoms with Gasteiger partial charge in [-0.25, -0.2) is 4.79 Å². The minimum atomic E-state index is -0.303. The van der Waals surface area contributed by atoms with E-state index >= 15 is 0 Å². The number of ether oxygens (including phenoxy) is 2. The van der Waals surface area contributed by atoms with Gasteiger partial charge < -0.3 is 18.8 Å². The number of carbonyl (C=O) groups is 1. The molecule has 0 saturated carbocycles. The quantitative estimate of drug-likeness (QED) is 0.507. The van der Waals surface area contributed by atoms with Crippen LogP contribution in [0.15, 0.2) is 43.1 Å². The smallest absolute Gasteiger partial charge is 0.338 e. The normalized spacial score (nSPS) is 14.2. The summed E-state index contributed by atoms with van der Waals surface area (Å²) >= 11 is 0. The maximum absolute atomic E-state index is 13.0. The lowest BCUT2D eigenvalue weighted by Crippen LogP contribution is -2.35. The molecule has 0 radical (unpaired) electrons. The first-order valence-corrected chi connectivity index (χ1v) is 11.2. The van der Waals surface area contributed by atoms with Crippen molar-refractivity contribution < 1.29 is 14.3 Å². The van der Waals surface area contributed by atoms with Gasteiger partial charge in [-0.3, -0.25) is 0 Å². The summed E-state index contributed by atoms with van der Waals surface area (Å²) in [6.45, 7) is 17.3. The average Bonchev–Trinajstić information content (AvgIpc) is 3.18. The fraction of sp³-hybridized carbons (Fsp3) is 0.370. The molecule has 5 heteroatoms. The second-order valence-electron chi connectivity index (χ2n) is 8.82. The molecule has 0 aliphatic carbocycles. The molecule has 2 aromatic heterocycles. The first-order valence-electron chi connectivity index (χ1n) is 11.2. The third kappa shape index (κ3) is 4.05. The second-order valence-corrected chi connectivity index (χ2v) is 8.82. The summed E-state index contributed by atoms with van der Waals surface area (Å²) in [5.41, 5.74) is 8.99. The van der Waals surface area contributed by atoms with Gasteiger partial charge in [0.15, 0.2) is 0 Å². The van der Waals surface area contributed by atoms with Gasteiger partial charge in [-0.15, -0.1) is 0 Å². The third-order valence-corrected chi connectivity index (χ3v) is 6.25. The highest BCUT2D eigenvalue weighted by Crippen LogP contribution is 2.34. The number of benzene rings is 1. The summed E-state index contributed by atoms with van der Waals surface area (Å²) in [5, 5.41) is 0. The Bertz CT molecular complexity index is 1180. The minimum absolute atomic E-state index is 0.185. The molecule has 1 saturated heterocycles. The van der Waals surface area contributed by atoms with Crippen LogP contribution < -0.4 is 0 Å². The molecule has 0 N–H and O–H groups in total. The standard InChI is InChI=1S/C27H32N2O3/c1-17(2)32-27(30)24-16-25-23(22-8-7-18(3)19(4)15-22)9-10-29(25)26(20(24)5)21(6)28-11-13-31-14-12-28/h7-10,15-17H,6,11-14H2,1-5H3. The number of morpholine rings is 1. The van der Waals surface area contributed by atoms with Crippen LogP contribution in [0.3, 0.4) is 0 Å². The molecule has 1 fully saturated rings. The molecule has 1 aromatic carbocycles. The van der Waals surface area contributed by atoms with E-state index in [2.05, 4.69) is 60.2 Å². The number of carbonyl (C=O) groups excluding carboxylic acids is 1. The maximum atomic E-state index is 13.0. The van der Waals surface area contributed by atoms with Crippen LogP contribution >= 0.6 is 0 Å². The summed E-state index contributed by atoms with van der Waals surface area (Å²) in [6, 6.07) is 10.6. The van der Waals surface area contributed by atoms with Gasteiger partial charge in [-0.1, -0.05) is 24.8 Å². The average molecular weight is 433 g/mol. The molecule has 5 nitrogen and oxygen atoms in total. The van der Waals surface area contributed by atoms with Crippen LogP contribution in [0.5, 0.6) is 0 Å². The molecule has 0 spiro atoms. The van der Waals surface area contributed by atoms with Crippen LogP contribution in [0.2, 0.25) is 0 Å². The molecule has 0 atom stereocenters. The molecule has 0 amide bonds. The molecule has 3 heterocycles. The van der Waals surface area contributed by atoms with E-state index < -0.39 is 0 Å². The van der Waals surface area contributed by atoms with E-state index in [1.165, 1.54) is 11.1 Å². The lowest BCUT2D eigenvalue weighted by Gasteiger charge is -2.32. The summed E-state index contributed by atoms with van der Waals surface area (Å²) in [6.07, 6.45) is 1.89. The van der Waals surface area contributed by atoms with Crippen LogP contribution in [0.4, 0.5) is 0 Å². The number of fused-ring (bicyclic) bond motifs is 1. The summed E-state index contributed by atoms with van der Waals surface area (Å²) in [5.74, 6) is -0.303. The Morgan fingerprint density at radius 3 is 2.44 bits per heavy atom. The van der Waals surface area contributed by atoms with Gasteiger partial charge in [0.2, 0.25) is 0 Å². The molecule has 1 aliphatic heterocycles. The topological polar surface area (TPSA) is 43.2 Å². The number of rotatable bonds is 5. The van der Waals surface area contributed by atoms with E-state index in [0.717, 1.165) is 46.7 Å². The predicted octanol–water partition coefficient (Wildman–Crippen LogP) is 5.40. The van der Waals surface area contributed by atoms with Crippen LogP contribution in [-0.2, 0) is 9.47 Å². The second kappa shape index (κ2) is 8.83. The molecular formula is C27H32N2O3. The fourth-order valence-electron chi connectivity index (χ4n) is 4.32. The van der Waals surface area contributed by atoms with E-state index in [-0.39, 0.29) is 12.1 Å². The molecule has 3 aromatic rings. The Labute approximate surface area is 190 Å². The highest BCUT2D eigenvalue weighted by molar-refractivity contribution is 5.96. The van der Waals surface area contributed by atoms with E-state index in [4.69, 9.17) is 9.47 Å². The van der Waals surface area contributed by atoms with Gasteiger partial charge in [0.25, 0.3) is 0 Å². The zero-order chi connectivity index (χ0) is 23.0. The molecule has 0 unspecified atom stereocenters. The number of hydrogen-bond donors (Lipinski definition) is 0. The van der Waals surface area contributed by atoms with Crippen molar-refractivity contribution in [3.05, 3.63) is 71.1 Å². The lowest BCUT2D eigenvalue weighted by atomic mass is 9.99. The summed E-state index contributed by atoms with van der Waals surface area (Å²) in [4.78, 5) is 15.3. The zero-order valence-electron chi connectivity index (χ0n) is 19.7. The largest absolute Gasteiger partial charge is 0.459 e. The molecule has 0 bridgehead atoms. The predicted molar refractivity (Wildman–Crippen MR) is 129 cm³/mol. The molecule has 168 valence electrons. The van der Waals surface area contributed by atoms with Crippen molar-refractivity contribution in [2.45, 2.75) is 40.7 Å². The molecule has 4 rings (SSSR count). The van der Waals surface area contributed by atoms with Gasteiger partial charge in [0.05, 0.1) is 41.8 Å². The van der Waals surface area contributed by atoms with Crippen molar-refractivity contribution in [1.29, 1.82) is 0 Å². The van der Waals surface area contributed by atoms with Gasteiger partial charge >= 0.3 is 5.97 Å². The van der Waals surface area contributed by atoms with E-state index in [1.807, 2.05) is 26.8 Å². The third-order valence-electron chi connectivity index (χ3n) is 6.25. The van der Waals surface area contributed by atoms with E-state index in [1.54, 1.807) is 0 Å². The van der Waals surface area contributed by atoms with Crippen molar-refractivity contribution in [2.24, 2.45) is 0 Å². The van der Waals surface area contributed by atoms with Crippen LogP contribution in [0.1, 0.15) is 46.6 Å². The van der Waals surface area contributed by atoms with Crippen molar-refractivity contribution in [3.63, 3.8) is 0 Å². The Hall–Kier alpha value is -3.05. The van der Waals surface area contributed by atoms with Crippen molar-refractivity contribution in [1.82, 2.24) is 9.30 Å². The zero-order valence-corrected chi connectivity index (χ0v) is 19.7. The van der Waals surface area contributed by atoms with Crippen molar-refractivity contribution >= 4 is 17.2 Å². The van der Waals surface area contributed by atoms with Gasteiger partial charge in [-0.2, -0.15) is 0 Å². The van der Waals surface area contributed by atoms with Gasteiger partial charge in [0.1, 0.15) is 0 Å². The molecular weight excluding hydrogens is 400 g/mol. The van der Waals surface area contributed by atoms with Crippen molar-refractivity contribution in [3.8, 4) is 11.1 Å². The van der Waals surface area contributed by atoms with Crippen molar-refractivity contribution in [2.75, 3.05) is 26.3 Å². The highest BCUT2D eigenvalue weighted by Gasteiger charge is 2.24. The Kier molecular flexibility index (Phi) is 6.11. The molecule has 1 aliphatic rings. The minimum Gasteiger partial charge on any atom is -0.459 e.